The van der Waals surface area contributed by atoms with E-state index in [2.05, 4.69) is 15.0 Å². The van der Waals surface area contributed by atoms with Gasteiger partial charge in [-0.3, -0.25) is 4.98 Å². The quantitative estimate of drug-likeness (QED) is 0.742. The lowest BCUT2D eigenvalue weighted by molar-refractivity contribution is 0.441. The highest BCUT2D eigenvalue weighted by Gasteiger charge is 2.02. The van der Waals surface area contributed by atoms with E-state index in [9.17, 15) is 0 Å². The molecule has 0 saturated heterocycles. The van der Waals surface area contributed by atoms with Crippen LogP contribution in [0.4, 0.5) is 5.69 Å². The average molecular weight is 238 g/mol. The van der Waals surface area contributed by atoms with Gasteiger partial charge in [0.25, 0.3) is 0 Å². The number of fused-ring (bicyclic) bond motifs is 1. The summed E-state index contributed by atoms with van der Waals surface area (Å²) in [4.78, 5) is 12.2. The minimum absolute atomic E-state index is 0.251. The lowest BCUT2D eigenvalue weighted by Gasteiger charge is -2.04. The van der Waals surface area contributed by atoms with Gasteiger partial charge in [0.15, 0.2) is 0 Å². The molecule has 0 spiro atoms. The van der Waals surface area contributed by atoms with Crippen LogP contribution in [0.5, 0.6) is 11.8 Å². The Morgan fingerprint density at radius 2 is 1.72 bits per heavy atom. The van der Waals surface area contributed by atoms with Crippen LogP contribution in [0.15, 0.2) is 48.9 Å². The Hall–Kier alpha value is -2.69. The van der Waals surface area contributed by atoms with Crippen LogP contribution in [0.1, 0.15) is 0 Å². The maximum atomic E-state index is 5.50. The maximum absolute atomic E-state index is 5.50. The summed E-state index contributed by atoms with van der Waals surface area (Å²) in [6.07, 6.45) is 4.63. The predicted molar refractivity (Wildman–Crippen MR) is 68.3 cm³/mol. The van der Waals surface area contributed by atoms with Crippen molar-refractivity contribution in [1.82, 2.24) is 15.0 Å². The number of para-hydroxylation sites is 1. The fourth-order valence-electron chi connectivity index (χ4n) is 1.59. The first-order valence-electron chi connectivity index (χ1n) is 5.41. The Bertz CT molecular complexity index is 682. The fourth-order valence-corrected chi connectivity index (χ4v) is 1.59. The first-order valence-corrected chi connectivity index (χ1v) is 5.41. The zero-order chi connectivity index (χ0) is 12.4. The van der Waals surface area contributed by atoms with Crippen LogP contribution < -0.4 is 10.5 Å². The second-order valence-electron chi connectivity index (χ2n) is 3.76. The number of nitrogen functional groups attached to an aromatic ring is 1. The van der Waals surface area contributed by atoms with Gasteiger partial charge in [-0.05, 0) is 12.1 Å². The van der Waals surface area contributed by atoms with Crippen molar-refractivity contribution in [2.75, 3.05) is 5.73 Å². The summed E-state index contributed by atoms with van der Waals surface area (Å²) in [6.45, 7) is 0. The van der Waals surface area contributed by atoms with Gasteiger partial charge in [-0.15, -0.1) is 0 Å². The largest absolute Gasteiger partial charge is 0.423 e. The van der Waals surface area contributed by atoms with E-state index in [1.54, 1.807) is 6.20 Å². The van der Waals surface area contributed by atoms with Crippen molar-refractivity contribution in [3.05, 3.63) is 48.9 Å². The molecule has 1 aromatic carbocycles. The van der Waals surface area contributed by atoms with Crippen molar-refractivity contribution in [2.45, 2.75) is 0 Å². The normalized spacial score (nSPS) is 10.4. The second-order valence-corrected chi connectivity index (χ2v) is 3.76. The molecule has 3 aromatic rings. The number of nitrogens with zero attached hydrogens (tertiary/aromatic N) is 3. The SMILES string of the molecule is Nc1cnc(Oc2cnc3ccccc3c2)nc1. The molecule has 0 aliphatic carbocycles. The summed E-state index contributed by atoms with van der Waals surface area (Å²) in [6, 6.07) is 9.95. The van der Waals surface area contributed by atoms with Crippen LogP contribution in [-0.4, -0.2) is 15.0 Å². The summed E-state index contributed by atoms with van der Waals surface area (Å²) in [7, 11) is 0. The van der Waals surface area contributed by atoms with Gasteiger partial charge in [0, 0.05) is 5.39 Å². The van der Waals surface area contributed by atoms with Gasteiger partial charge in [-0.25, -0.2) is 9.97 Å². The molecular formula is C13H10N4O. The van der Waals surface area contributed by atoms with E-state index < -0.39 is 0 Å². The lowest BCUT2D eigenvalue weighted by Crippen LogP contribution is -1.94. The predicted octanol–water partition coefficient (Wildman–Crippen LogP) is 2.40. The van der Waals surface area contributed by atoms with Gasteiger partial charge in [-0.1, -0.05) is 18.2 Å². The number of benzene rings is 1. The van der Waals surface area contributed by atoms with E-state index in [0.29, 0.717) is 11.4 Å². The Morgan fingerprint density at radius 3 is 2.56 bits per heavy atom. The zero-order valence-electron chi connectivity index (χ0n) is 9.45. The first kappa shape index (κ1) is 10.5. The average Bonchev–Trinajstić information content (AvgIpc) is 2.41. The minimum Gasteiger partial charge on any atom is -0.423 e. The summed E-state index contributed by atoms with van der Waals surface area (Å²) in [5.74, 6) is 0.596. The molecule has 0 amide bonds. The molecule has 0 atom stereocenters. The van der Waals surface area contributed by atoms with E-state index in [1.807, 2.05) is 30.3 Å². The van der Waals surface area contributed by atoms with Gasteiger partial charge in [0.1, 0.15) is 5.75 Å². The topological polar surface area (TPSA) is 73.9 Å². The van der Waals surface area contributed by atoms with E-state index in [0.717, 1.165) is 10.9 Å². The summed E-state index contributed by atoms with van der Waals surface area (Å²) in [5, 5.41) is 1.01. The van der Waals surface area contributed by atoms with E-state index in [1.165, 1.54) is 12.4 Å². The molecule has 5 heteroatoms. The molecule has 2 aromatic heterocycles. The van der Waals surface area contributed by atoms with Crippen molar-refractivity contribution in [2.24, 2.45) is 0 Å². The summed E-state index contributed by atoms with van der Waals surface area (Å²) >= 11 is 0. The molecule has 3 rings (SSSR count). The van der Waals surface area contributed by atoms with Crippen molar-refractivity contribution in [3.63, 3.8) is 0 Å². The molecule has 2 heterocycles. The third kappa shape index (κ3) is 2.06. The van der Waals surface area contributed by atoms with Crippen molar-refractivity contribution >= 4 is 16.6 Å². The van der Waals surface area contributed by atoms with Crippen molar-refractivity contribution in [3.8, 4) is 11.8 Å². The van der Waals surface area contributed by atoms with Crippen molar-refractivity contribution < 1.29 is 4.74 Å². The standard InChI is InChI=1S/C13H10N4O/c14-10-6-16-13(17-7-10)18-11-5-9-3-1-2-4-12(9)15-8-11/h1-8H,14H2. The van der Waals surface area contributed by atoms with Gasteiger partial charge < -0.3 is 10.5 Å². The van der Waals surface area contributed by atoms with Crippen LogP contribution in [-0.2, 0) is 0 Å². The van der Waals surface area contributed by atoms with E-state index in [4.69, 9.17) is 10.5 Å². The lowest BCUT2D eigenvalue weighted by atomic mass is 10.2. The molecule has 0 saturated carbocycles. The van der Waals surface area contributed by atoms with Crippen LogP contribution in [0.25, 0.3) is 10.9 Å². The Balaban J connectivity index is 1.92. The molecule has 0 aliphatic rings. The number of hydrogen-bond donors (Lipinski definition) is 1. The number of aromatic nitrogens is 3. The molecule has 18 heavy (non-hydrogen) atoms. The molecule has 5 nitrogen and oxygen atoms in total. The number of hydrogen-bond acceptors (Lipinski definition) is 5. The summed E-state index contributed by atoms with van der Waals surface area (Å²) < 4.78 is 5.50. The Morgan fingerprint density at radius 1 is 0.944 bits per heavy atom. The molecule has 0 unspecified atom stereocenters. The third-order valence-electron chi connectivity index (χ3n) is 2.42. The number of rotatable bonds is 2. The zero-order valence-corrected chi connectivity index (χ0v) is 9.45. The first-order chi connectivity index (χ1) is 8.81. The maximum Gasteiger partial charge on any atom is 0.322 e. The van der Waals surface area contributed by atoms with Gasteiger partial charge in [0.2, 0.25) is 0 Å². The van der Waals surface area contributed by atoms with Crippen LogP contribution >= 0.6 is 0 Å². The molecule has 0 fully saturated rings. The van der Waals surface area contributed by atoms with Gasteiger partial charge >= 0.3 is 6.01 Å². The minimum atomic E-state index is 0.251. The Labute approximate surface area is 103 Å². The summed E-state index contributed by atoms with van der Waals surface area (Å²) in [5.41, 5.74) is 6.92. The molecule has 88 valence electrons. The van der Waals surface area contributed by atoms with E-state index in [-0.39, 0.29) is 6.01 Å². The number of ether oxygens (including phenoxy) is 1. The Kier molecular flexibility index (Phi) is 2.49. The smallest absolute Gasteiger partial charge is 0.322 e. The third-order valence-corrected chi connectivity index (χ3v) is 2.42. The fraction of sp³-hybridized carbons (Fsp3) is 0. The van der Waals surface area contributed by atoms with Crippen LogP contribution in [0, 0.1) is 0 Å². The monoisotopic (exact) mass is 238 g/mol. The highest BCUT2D eigenvalue weighted by atomic mass is 16.5. The van der Waals surface area contributed by atoms with Crippen LogP contribution in [0.3, 0.4) is 0 Å². The second kappa shape index (κ2) is 4.29. The number of pyridine rings is 1. The molecule has 0 bridgehead atoms. The molecule has 2 N–H and O–H groups in total. The van der Waals surface area contributed by atoms with Gasteiger partial charge in [-0.2, -0.15) is 0 Å². The number of nitrogens with two attached hydrogens (primary N) is 1. The molecular weight excluding hydrogens is 228 g/mol. The van der Waals surface area contributed by atoms with Crippen LogP contribution in [0.2, 0.25) is 0 Å². The van der Waals surface area contributed by atoms with E-state index >= 15 is 0 Å². The number of anilines is 1. The molecule has 0 aliphatic heterocycles. The highest BCUT2D eigenvalue weighted by molar-refractivity contribution is 5.79. The van der Waals surface area contributed by atoms with Gasteiger partial charge in [0.05, 0.1) is 29.8 Å². The van der Waals surface area contributed by atoms with Crippen molar-refractivity contribution in [1.29, 1.82) is 0 Å². The highest BCUT2D eigenvalue weighted by Crippen LogP contribution is 2.21. The molecule has 0 radical (unpaired) electrons.